The molecule has 0 atom stereocenters. The van der Waals surface area contributed by atoms with E-state index >= 15 is 0 Å². The lowest BCUT2D eigenvalue weighted by Gasteiger charge is -2.16. The number of halogens is 1. The van der Waals surface area contributed by atoms with Gasteiger partial charge in [0.2, 0.25) is 0 Å². The van der Waals surface area contributed by atoms with Crippen LogP contribution >= 0.6 is 23.8 Å². The van der Waals surface area contributed by atoms with Crippen LogP contribution < -0.4 is 20.1 Å². The molecule has 0 aromatic heterocycles. The largest absolute Gasteiger partial charge is 0.493 e. The van der Waals surface area contributed by atoms with Crippen molar-refractivity contribution in [3.8, 4) is 11.5 Å². The van der Waals surface area contributed by atoms with E-state index in [0.717, 1.165) is 16.8 Å². The van der Waals surface area contributed by atoms with Crippen molar-refractivity contribution in [2.45, 2.75) is 13.5 Å². The predicted molar refractivity (Wildman–Crippen MR) is 98.8 cm³/mol. The van der Waals surface area contributed by atoms with E-state index in [1.165, 1.54) is 0 Å². The van der Waals surface area contributed by atoms with Gasteiger partial charge in [-0.2, -0.15) is 0 Å². The van der Waals surface area contributed by atoms with Crippen molar-refractivity contribution >= 4 is 34.6 Å². The number of rotatable bonds is 5. The number of para-hydroxylation sites is 1. The van der Waals surface area contributed by atoms with Gasteiger partial charge in [0.15, 0.2) is 16.6 Å². The van der Waals surface area contributed by atoms with E-state index in [1.807, 2.05) is 43.3 Å². The highest BCUT2D eigenvalue weighted by atomic mass is 35.5. The van der Waals surface area contributed by atoms with E-state index < -0.39 is 0 Å². The second-order valence-corrected chi connectivity index (χ2v) is 5.69. The molecular formula is C17H19ClN2O2S. The molecule has 0 fully saturated rings. The summed E-state index contributed by atoms with van der Waals surface area (Å²) in [7, 11) is 3.23. The fourth-order valence-corrected chi connectivity index (χ4v) is 2.53. The summed E-state index contributed by atoms with van der Waals surface area (Å²) in [4.78, 5) is 0. The molecular weight excluding hydrogens is 332 g/mol. The lowest BCUT2D eigenvalue weighted by atomic mass is 10.2. The lowest BCUT2D eigenvalue weighted by Crippen LogP contribution is -2.28. The highest BCUT2D eigenvalue weighted by Crippen LogP contribution is 2.30. The SMILES string of the molecule is COc1cccc(CNC(=S)Nc2cccc(Cl)c2C)c1OC. The zero-order valence-corrected chi connectivity index (χ0v) is 14.8. The number of anilines is 1. The van der Waals surface area contributed by atoms with Gasteiger partial charge in [0.05, 0.1) is 14.2 Å². The van der Waals surface area contributed by atoms with Crippen LogP contribution in [0, 0.1) is 6.92 Å². The summed E-state index contributed by atoms with van der Waals surface area (Å²) in [5.41, 5.74) is 2.80. The normalized spacial score (nSPS) is 10.1. The molecule has 23 heavy (non-hydrogen) atoms. The Kier molecular flexibility index (Phi) is 6.07. The van der Waals surface area contributed by atoms with Crippen LogP contribution in [0.1, 0.15) is 11.1 Å². The van der Waals surface area contributed by atoms with Crippen LogP contribution in [0.4, 0.5) is 5.69 Å². The van der Waals surface area contributed by atoms with Gasteiger partial charge in [-0.25, -0.2) is 0 Å². The van der Waals surface area contributed by atoms with Crippen molar-refractivity contribution in [1.29, 1.82) is 0 Å². The smallest absolute Gasteiger partial charge is 0.171 e. The Morgan fingerprint density at radius 3 is 2.57 bits per heavy atom. The maximum Gasteiger partial charge on any atom is 0.171 e. The summed E-state index contributed by atoms with van der Waals surface area (Å²) in [5, 5.41) is 7.53. The second-order valence-electron chi connectivity index (χ2n) is 4.87. The number of hydrogen-bond donors (Lipinski definition) is 2. The van der Waals surface area contributed by atoms with Gasteiger partial charge in [0.25, 0.3) is 0 Å². The first-order valence-corrected chi connectivity index (χ1v) is 7.85. The van der Waals surface area contributed by atoms with E-state index in [1.54, 1.807) is 14.2 Å². The molecule has 0 saturated carbocycles. The molecule has 2 aromatic rings. The van der Waals surface area contributed by atoms with Gasteiger partial charge in [0.1, 0.15) is 0 Å². The predicted octanol–water partition coefficient (Wildman–Crippen LogP) is 4.15. The molecule has 6 heteroatoms. The molecule has 2 N–H and O–H groups in total. The van der Waals surface area contributed by atoms with Crippen LogP contribution in [0.5, 0.6) is 11.5 Å². The zero-order chi connectivity index (χ0) is 16.8. The van der Waals surface area contributed by atoms with Crippen molar-refractivity contribution < 1.29 is 9.47 Å². The van der Waals surface area contributed by atoms with Crippen molar-refractivity contribution in [2.24, 2.45) is 0 Å². The fourth-order valence-electron chi connectivity index (χ4n) is 2.18. The van der Waals surface area contributed by atoms with E-state index in [2.05, 4.69) is 10.6 Å². The van der Waals surface area contributed by atoms with Gasteiger partial charge in [-0.05, 0) is 42.9 Å². The van der Waals surface area contributed by atoms with Crippen LogP contribution in [-0.2, 0) is 6.54 Å². The van der Waals surface area contributed by atoms with Gasteiger partial charge >= 0.3 is 0 Å². The lowest BCUT2D eigenvalue weighted by molar-refractivity contribution is 0.351. The number of thiocarbonyl (C=S) groups is 1. The Labute approximate surface area is 146 Å². The summed E-state index contributed by atoms with van der Waals surface area (Å²) in [6.45, 7) is 2.46. The summed E-state index contributed by atoms with van der Waals surface area (Å²) in [6, 6.07) is 11.4. The number of methoxy groups -OCH3 is 2. The van der Waals surface area contributed by atoms with Crippen LogP contribution in [0.25, 0.3) is 0 Å². The van der Waals surface area contributed by atoms with Crippen molar-refractivity contribution in [3.63, 3.8) is 0 Å². The first-order valence-electron chi connectivity index (χ1n) is 7.06. The molecule has 0 saturated heterocycles. The Morgan fingerprint density at radius 2 is 1.87 bits per heavy atom. The van der Waals surface area contributed by atoms with Crippen LogP contribution in [0.3, 0.4) is 0 Å². The van der Waals surface area contributed by atoms with Gasteiger partial charge in [-0.3, -0.25) is 0 Å². The molecule has 0 spiro atoms. The molecule has 0 aliphatic heterocycles. The third-order valence-electron chi connectivity index (χ3n) is 3.44. The number of nitrogens with one attached hydrogen (secondary N) is 2. The highest BCUT2D eigenvalue weighted by Gasteiger charge is 2.10. The first kappa shape index (κ1) is 17.4. The van der Waals surface area contributed by atoms with E-state index in [0.29, 0.717) is 28.2 Å². The standard InChI is InChI=1S/C17H19ClN2O2S/c1-11-13(18)7-5-8-14(11)20-17(23)19-10-12-6-4-9-15(21-2)16(12)22-3/h4-9H,10H2,1-3H3,(H2,19,20,23). The van der Waals surface area contributed by atoms with Gasteiger partial charge in [-0.1, -0.05) is 29.8 Å². The molecule has 2 rings (SSSR count). The third kappa shape index (κ3) is 4.27. The quantitative estimate of drug-likeness (QED) is 0.793. The summed E-state index contributed by atoms with van der Waals surface area (Å²) in [6.07, 6.45) is 0. The fraction of sp³-hybridized carbons (Fsp3) is 0.235. The molecule has 0 unspecified atom stereocenters. The minimum absolute atomic E-state index is 0.514. The van der Waals surface area contributed by atoms with Gasteiger partial charge in [0, 0.05) is 22.8 Å². The zero-order valence-electron chi connectivity index (χ0n) is 13.3. The van der Waals surface area contributed by atoms with Crippen molar-refractivity contribution in [1.82, 2.24) is 5.32 Å². The number of ether oxygens (including phenoxy) is 2. The summed E-state index contributed by atoms with van der Waals surface area (Å²) in [5.74, 6) is 1.39. The summed E-state index contributed by atoms with van der Waals surface area (Å²) < 4.78 is 10.7. The Morgan fingerprint density at radius 1 is 1.13 bits per heavy atom. The molecule has 0 radical (unpaired) electrons. The summed E-state index contributed by atoms with van der Waals surface area (Å²) >= 11 is 11.5. The monoisotopic (exact) mass is 350 g/mol. The second kappa shape index (κ2) is 8.04. The minimum Gasteiger partial charge on any atom is -0.493 e. The first-order chi connectivity index (χ1) is 11.1. The topological polar surface area (TPSA) is 42.5 Å². The third-order valence-corrected chi connectivity index (χ3v) is 4.10. The Hall–Kier alpha value is -1.98. The van der Waals surface area contributed by atoms with Gasteiger partial charge in [-0.15, -0.1) is 0 Å². The average molecular weight is 351 g/mol. The van der Waals surface area contributed by atoms with Crippen molar-refractivity contribution in [2.75, 3.05) is 19.5 Å². The molecule has 4 nitrogen and oxygen atoms in total. The molecule has 0 heterocycles. The Balaban J connectivity index is 2.04. The maximum atomic E-state index is 6.11. The molecule has 2 aromatic carbocycles. The van der Waals surface area contributed by atoms with Crippen LogP contribution in [0.2, 0.25) is 5.02 Å². The van der Waals surface area contributed by atoms with E-state index in [4.69, 9.17) is 33.3 Å². The van der Waals surface area contributed by atoms with Gasteiger partial charge < -0.3 is 20.1 Å². The van der Waals surface area contributed by atoms with E-state index in [-0.39, 0.29) is 0 Å². The molecule has 122 valence electrons. The van der Waals surface area contributed by atoms with Crippen LogP contribution in [-0.4, -0.2) is 19.3 Å². The number of benzene rings is 2. The molecule has 0 amide bonds. The highest BCUT2D eigenvalue weighted by molar-refractivity contribution is 7.80. The molecule has 0 bridgehead atoms. The van der Waals surface area contributed by atoms with Crippen molar-refractivity contribution in [3.05, 3.63) is 52.5 Å². The van der Waals surface area contributed by atoms with Crippen LogP contribution in [0.15, 0.2) is 36.4 Å². The number of hydrogen-bond acceptors (Lipinski definition) is 3. The molecule has 0 aliphatic carbocycles. The minimum atomic E-state index is 0.514. The Bertz CT molecular complexity index is 707. The van der Waals surface area contributed by atoms with E-state index in [9.17, 15) is 0 Å². The molecule has 0 aliphatic rings. The maximum absolute atomic E-state index is 6.11. The average Bonchev–Trinajstić information content (AvgIpc) is 2.56.